The Balaban J connectivity index is 2.11. The van der Waals surface area contributed by atoms with Gasteiger partial charge in [-0.2, -0.15) is 0 Å². The van der Waals surface area contributed by atoms with E-state index in [1.807, 2.05) is 0 Å². The molecule has 0 bridgehead atoms. The molecule has 0 aliphatic carbocycles. The minimum atomic E-state index is -0.639. The number of benzene rings is 1. The lowest BCUT2D eigenvalue weighted by Gasteiger charge is -2.10. The van der Waals surface area contributed by atoms with E-state index in [1.54, 1.807) is 7.05 Å². The molecule has 0 fully saturated rings. The summed E-state index contributed by atoms with van der Waals surface area (Å²) in [5.74, 6) is -1.27. The van der Waals surface area contributed by atoms with Crippen LogP contribution in [0.3, 0.4) is 0 Å². The summed E-state index contributed by atoms with van der Waals surface area (Å²) < 4.78 is 28.6. The van der Waals surface area contributed by atoms with E-state index in [1.165, 1.54) is 29.8 Å². The first-order valence-electron chi connectivity index (χ1n) is 6.30. The van der Waals surface area contributed by atoms with Gasteiger partial charge in [-0.15, -0.1) is 0 Å². The monoisotopic (exact) mass is 295 g/mol. The zero-order chi connectivity index (χ0) is 15.6. The second-order valence-electron chi connectivity index (χ2n) is 4.71. The first-order valence-corrected chi connectivity index (χ1v) is 6.30. The van der Waals surface area contributed by atoms with Gasteiger partial charge in [0.05, 0.1) is 0 Å². The number of hydrogen-bond acceptors (Lipinski definition) is 3. The summed E-state index contributed by atoms with van der Waals surface area (Å²) >= 11 is 0. The Morgan fingerprint density at radius 2 is 1.76 bits per heavy atom. The van der Waals surface area contributed by atoms with Gasteiger partial charge >= 0.3 is 5.69 Å². The van der Waals surface area contributed by atoms with Crippen molar-refractivity contribution in [2.45, 2.75) is 13.1 Å². The van der Waals surface area contributed by atoms with Gasteiger partial charge in [0.2, 0.25) is 0 Å². The van der Waals surface area contributed by atoms with Crippen LogP contribution < -0.4 is 16.6 Å². The predicted octanol–water partition coefficient (Wildman–Crippen LogP) is 0.652. The summed E-state index contributed by atoms with van der Waals surface area (Å²) in [6, 6.07) is 4.68. The fraction of sp³-hybridized carbons (Fsp3) is 0.286. The highest BCUT2D eigenvalue weighted by molar-refractivity contribution is 5.18. The molecule has 0 amide bonds. The molecule has 0 saturated heterocycles. The lowest BCUT2D eigenvalue weighted by atomic mass is 10.2. The second-order valence-corrected chi connectivity index (χ2v) is 4.71. The maximum atomic E-state index is 13.4. The Morgan fingerprint density at radius 3 is 2.43 bits per heavy atom. The first-order chi connectivity index (χ1) is 9.90. The van der Waals surface area contributed by atoms with E-state index >= 15 is 0 Å². The zero-order valence-electron chi connectivity index (χ0n) is 11.7. The smallest absolute Gasteiger partial charge is 0.307 e. The molecule has 1 aromatic carbocycles. The van der Waals surface area contributed by atoms with Crippen LogP contribution in [0.4, 0.5) is 8.78 Å². The molecule has 5 nitrogen and oxygen atoms in total. The van der Waals surface area contributed by atoms with Crippen molar-refractivity contribution < 1.29 is 8.78 Å². The van der Waals surface area contributed by atoms with E-state index in [-0.39, 0.29) is 13.1 Å². The number of nitrogens with zero attached hydrogens (tertiary/aromatic N) is 2. The van der Waals surface area contributed by atoms with Crippen LogP contribution >= 0.6 is 0 Å². The van der Waals surface area contributed by atoms with Gasteiger partial charge in [0.15, 0.2) is 0 Å². The van der Waals surface area contributed by atoms with Crippen LogP contribution in [0.2, 0.25) is 0 Å². The van der Waals surface area contributed by atoms with Crippen molar-refractivity contribution in [2.24, 2.45) is 14.1 Å². The SMILES string of the molecule is Cn1c(CNCc2ccc(F)cc2F)cc(=O)n(C)c1=O. The van der Waals surface area contributed by atoms with E-state index < -0.39 is 22.9 Å². The van der Waals surface area contributed by atoms with Crippen molar-refractivity contribution in [2.75, 3.05) is 0 Å². The van der Waals surface area contributed by atoms with Crippen LogP contribution in [0.15, 0.2) is 33.9 Å². The predicted molar refractivity (Wildman–Crippen MR) is 73.8 cm³/mol. The summed E-state index contributed by atoms with van der Waals surface area (Å²) in [5, 5.41) is 2.92. The summed E-state index contributed by atoms with van der Waals surface area (Å²) in [6.07, 6.45) is 0. The van der Waals surface area contributed by atoms with Crippen LogP contribution in [0.1, 0.15) is 11.3 Å². The fourth-order valence-corrected chi connectivity index (χ4v) is 1.94. The molecule has 0 radical (unpaired) electrons. The van der Waals surface area contributed by atoms with Gasteiger partial charge in [-0.25, -0.2) is 13.6 Å². The van der Waals surface area contributed by atoms with E-state index in [9.17, 15) is 18.4 Å². The van der Waals surface area contributed by atoms with Crippen molar-refractivity contribution in [3.05, 3.63) is 68.0 Å². The van der Waals surface area contributed by atoms with Gasteiger partial charge in [-0.05, 0) is 6.07 Å². The average Bonchev–Trinajstić information content (AvgIpc) is 2.44. The number of hydrogen-bond donors (Lipinski definition) is 1. The number of halogens is 2. The quantitative estimate of drug-likeness (QED) is 0.901. The van der Waals surface area contributed by atoms with E-state index in [2.05, 4.69) is 5.32 Å². The molecule has 0 aliphatic heterocycles. The molecule has 0 aliphatic rings. The highest BCUT2D eigenvalue weighted by atomic mass is 19.1. The van der Waals surface area contributed by atoms with Crippen LogP contribution in [0.25, 0.3) is 0 Å². The van der Waals surface area contributed by atoms with Gasteiger partial charge in [-0.1, -0.05) is 6.07 Å². The summed E-state index contributed by atoms with van der Waals surface area (Å²) in [7, 11) is 2.95. The van der Waals surface area contributed by atoms with Gasteiger partial charge in [0, 0.05) is 50.6 Å². The highest BCUT2D eigenvalue weighted by Crippen LogP contribution is 2.09. The van der Waals surface area contributed by atoms with Gasteiger partial charge in [0.1, 0.15) is 11.6 Å². The van der Waals surface area contributed by atoms with Gasteiger partial charge < -0.3 is 5.32 Å². The van der Waals surface area contributed by atoms with Crippen LogP contribution in [-0.4, -0.2) is 9.13 Å². The first kappa shape index (κ1) is 15.1. The normalized spacial score (nSPS) is 10.9. The third-order valence-corrected chi connectivity index (χ3v) is 3.26. The number of rotatable bonds is 4. The maximum Gasteiger partial charge on any atom is 0.330 e. The van der Waals surface area contributed by atoms with E-state index in [0.717, 1.165) is 10.6 Å². The fourth-order valence-electron chi connectivity index (χ4n) is 1.94. The molecule has 0 saturated carbocycles. The molecule has 2 rings (SSSR count). The van der Waals surface area contributed by atoms with Crippen molar-refractivity contribution in [3.63, 3.8) is 0 Å². The van der Waals surface area contributed by atoms with Crippen LogP contribution in [0.5, 0.6) is 0 Å². The third-order valence-electron chi connectivity index (χ3n) is 3.26. The summed E-state index contributed by atoms with van der Waals surface area (Å²) in [5.41, 5.74) is -0.0222. The van der Waals surface area contributed by atoms with Gasteiger partial charge in [-0.3, -0.25) is 13.9 Å². The zero-order valence-corrected chi connectivity index (χ0v) is 11.7. The Bertz CT molecular complexity index is 781. The molecule has 2 aromatic rings. The standard InChI is InChI=1S/C14H15F2N3O2/c1-18-11(6-13(20)19(2)14(18)21)8-17-7-9-3-4-10(15)5-12(9)16/h3-6,17H,7-8H2,1-2H3. The molecule has 7 heteroatoms. The van der Waals surface area contributed by atoms with Crippen molar-refractivity contribution in [1.29, 1.82) is 0 Å². The highest BCUT2D eigenvalue weighted by Gasteiger charge is 2.07. The molecule has 0 unspecified atom stereocenters. The molecular formula is C14H15F2N3O2. The van der Waals surface area contributed by atoms with Crippen molar-refractivity contribution >= 4 is 0 Å². The van der Waals surface area contributed by atoms with E-state index in [4.69, 9.17) is 0 Å². The lowest BCUT2D eigenvalue weighted by Crippen LogP contribution is -2.39. The summed E-state index contributed by atoms with van der Waals surface area (Å²) in [6.45, 7) is 0.383. The van der Waals surface area contributed by atoms with Gasteiger partial charge in [0.25, 0.3) is 5.56 Å². The molecule has 21 heavy (non-hydrogen) atoms. The maximum absolute atomic E-state index is 13.4. The molecule has 0 spiro atoms. The summed E-state index contributed by atoms with van der Waals surface area (Å²) in [4.78, 5) is 23.3. The lowest BCUT2D eigenvalue weighted by molar-refractivity contribution is 0.552. The molecular weight excluding hydrogens is 280 g/mol. The topological polar surface area (TPSA) is 56.0 Å². The Morgan fingerprint density at radius 1 is 1.05 bits per heavy atom. The second kappa shape index (κ2) is 6.01. The van der Waals surface area contributed by atoms with E-state index in [0.29, 0.717) is 11.3 Å². The average molecular weight is 295 g/mol. The Hall–Kier alpha value is -2.28. The Kier molecular flexibility index (Phi) is 4.32. The molecule has 1 N–H and O–H groups in total. The van der Waals surface area contributed by atoms with Crippen LogP contribution in [0, 0.1) is 11.6 Å². The van der Waals surface area contributed by atoms with Crippen molar-refractivity contribution in [3.8, 4) is 0 Å². The molecule has 112 valence electrons. The largest absolute Gasteiger partial charge is 0.330 e. The molecule has 0 atom stereocenters. The number of aromatic nitrogens is 2. The van der Waals surface area contributed by atoms with Crippen molar-refractivity contribution in [1.82, 2.24) is 14.5 Å². The minimum absolute atomic E-state index is 0.162. The number of nitrogens with one attached hydrogen (secondary N) is 1. The minimum Gasteiger partial charge on any atom is -0.307 e. The third kappa shape index (κ3) is 3.25. The van der Waals surface area contributed by atoms with Crippen LogP contribution in [-0.2, 0) is 27.2 Å². The molecule has 1 aromatic heterocycles. The Labute approximate surface area is 119 Å². The molecule has 1 heterocycles.